The molecule has 0 fully saturated rings. The molecule has 1 aromatic carbocycles. The number of hydrogen-bond donors (Lipinski definition) is 1. The smallest absolute Gasteiger partial charge is 0.125 e. The summed E-state index contributed by atoms with van der Waals surface area (Å²) in [6.45, 7) is 6.74. The van der Waals surface area contributed by atoms with Crippen molar-refractivity contribution >= 4 is 15.9 Å². The normalized spacial score (nSPS) is 20.9. The SMILES string of the molecule is C=CC(C)NC1CCCOc2cc(Br)ccc21. The van der Waals surface area contributed by atoms with Crippen molar-refractivity contribution in [3.05, 3.63) is 40.9 Å². The molecule has 2 rings (SSSR count). The minimum absolute atomic E-state index is 0.314. The van der Waals surface area contributed by atoms with Gasteiger partial charge in [0.25, 0.3) is 0 Å². The zero-order chi connectivity index (χ0) is 12.3. The fourth-order valence-electron chi connectivity index (χ4n) is 2.10. The van der Waals surface area contributed by atoms with E-state index in [2.05, 4.69) is 46.9 Å². The van der Waals surface area contributed by atoms with E-state index in [9.17, 15) is 0 Å². The van der Waals surface area contributed by atoms with Crippen molar-refractivity contribution in [2.24, 2.45) is 0 Å². The lowest BCUT2D eigenvalue weighted by molar-refractivity contribution is 0.314. The minimum atomic E-state index is 0.314. The lowest BCUT2D eigenvalue weighted by atomic mass is 10.0. The van der Waals surface area contributed by atoms with E-state index in [4.69, 9.17) is 4.74 Å². The predicted octanol–water partition coefficient (Wildman–Crippen LogP) is 3.83. The number of hydrogen-bond acceptors (Lipinski definition) is 2. The molecule has 0 aliphatic carbocycles. The maximum Gasteiger partial charge on any atom is 0.125 e. The molecular formula is C14H18BrNO. The average Bonchev–Trinajstić information content (AvgIpc) is 2.51. The summed E-state index contributed by atoms with van der Waals surface area (Å²) in [5, 5.41) is 3.57. The number of nitrogens with one attached hydrogen (secondary N) is 1. The van der Waals surface area contributed by atoms with Gasteiger partial charge in [0, 0.05) is 22.1 Å². The van der Waals surface area contributed by atoms with E-state index in [0.717, 1.165) is 29.7 Å². The Kier molecular flexibility index (Phi) is 4.24. The first-order valence-electron chi connectivity index (χ1n) is 6.01. The van der Waals surface area contributed by atoms with Crippen molar-refractivity contribution < 1.29 is 4.74 Å². The minimum Gasteiger partial charge on any atom is -0.493 e. The summed E-state index contributed by atoms with van der Waals surface area (Å²) in [5.41, 5.74) is 1.25. The highest BCUT2D eigenvalue weighted by Crippen LogP contribution is 2.33. The summed E-state index contributed by atoms with van der Waals surface area (Å²) < 4.78 is 6.84. The van der Waals surface area contributed by atoms with Crippen LogP contribution in [0.25, 0.3) is 0 Å². The summed E-state index contributed by atoms with van der Waals surface area (Å²) in [5.74, 6) is 0.991. The molecule has 0 radical (unpaired) electrons. The third-order valence-corrected chi connectivity index (χ3v) is 3.56. The molecule has 2 atom stereocenters. The van der Waals surface area contributed by atoms with Crippen LogP contribution in [0.4, 0.5) is 0 Å². The summed E-state index contributed by atoms with van der Waals surface area (Å²) >= 11 is 3.48. The molecule has 0 bridgehead atoms. The van der Waals surface area contributed by atoms with Crippen molar-refractivity contribution in [2.45, 2.75) is 31.8 Å². The van der Waals surface area contributed by atoms with Crippen LogP contribution in [0.1, 0.15) is 31.4 Å². The van der Waals surface area contributed by atoms with Crippen LogP contribution in [0.2, 0.25) is 0 Å². The Balaban J connectivity index is 2.26. The van der Waals surface area contributed by atoms with Gasteiger partial charge in [0.1, 0.15) is 5.75 Å². The Bertz CT molecular complexity index is 405. The van der Waals surface area contributed by atoms with Crippen LogP contribution in [-0.2, 0) is 0 Å². The van der Waals surface area contributed by atoms with Gasteiger partial charge in [0.05, 0.1) is 6.61 Å². The zero-order valence-electron chi connectivity index (χ0n) is 10.1. The molecular weight excluding hydrogens is 278 g/mol. The first-order valence-corrected chi connectivity index (χ1v) is 6.81. The summed E-state index contributed by atoms with van der Waals surface area (Å²) in [6.07, 6.45) is 4.12. The molecule has 1 aliphatic rings. The molecule has 1 N–H and O–H groups in total. The van der Waals surface area contributed by atoms with Crippen molar-refractivity contribution in [3.63, 3.8) is 0 Å². The third kappa shape index (κ3) is 3.11. The molecule has 0 aromatic heterocycles. The number of rotatable bonds is 3. The number of benzene rings is 1. The first kappa shape index (κ1) is 12.7. The second-order valence-corrected chi connectivity index (χ2v) is 5.33. The lowest BCUT2D eigenvalue weighted by Gasteiger charge is -2.21. The molecule has 0 saturated carbocycles. The van der Waals surface area contributed by atoms with E-state index in [0.29, 0.717) is 12.1 Å². The van der Waals surface area contributed by atoms with Gasteiger partial charge in [-0.15, -0.1) is 6.58 Å². The number of ether oxygens (including phenoxy) is 1. The monoisotopic (exact) mass is 295 g/mol. The van der Waals surface area contributed by atoms with E-state index < -0.39 is 0 Å². The van der Waals surface area contributed by atoms with Gasteiger partial charge in [-0.3, -0.25) is 0 Å². The predicted molar refractivity (Wildman–Crippen MR) is 74.4 cm³/mol. The highest BCUT2D eigenvalue weighted by atomic mass is 79.9. The molecule has 1 heterocycles. The van der Waals surface area contributed by atoms with Crippen molar-refractivity contribution in [3.8, 4) is 5.75 Å². The Labute approximate surface area is 111 Å². The quantitative estimate of drug-likeness (QED) is 0.856. The van der Waals surface area contributed by atoms with Gasteiger partial charge >= 0.3 is 0 Å². The summed E-state index contributed by atoms with van der Waals surface area (Å²) in [4.78, 5) is 0. The fourth-order valence-corrected chi connectivity index (χ4v) is 2.44. The van der Waals surface area contributed by atoms with Crippen LogP contribution in [0.15, 0.2) is 35.3 Å². The lowest BCUT2D eigenvalue weighted by Crippen LogP contribution is -2.28. The van der Waals surface area contributed by atoms with E-state index in [1.807, 2.05) is 12.1 Å². The van der Waals surface area contributed by atoms with Crippen LogP contribution in [-0.4, -0.2) is 12.6 Å². The van der Waals surface area contributed by atoms with Crippen LogP contribution in [0, 0.1) is 0 Å². The highest BCUT2D eigenvalue weighted by molar-refractivity contribution is 9.10. The van der Waals surface area contributed by atoms with Crippen LogP contribution in [0.3, 0.4) is 0 Å². The molecule has 1 aliphatic heterocycles. The van der Waals surface area contributed by atoms with Crippen LogP contribution in [0.5, 0.6) is 5.75 Å². The Morgan fingerprint density at radius 2 is 2.41 bits per heavy atom. The van der Waals surface area contributed by atoms with Crippen molar-refractivity contribution in [1.82, 2.24) is 5.32 Å². The van der Waals surface area contributed by atoms with Crippen LogP contribution >= 0.6 is 15.9 Å². The van der Waals surface area contributed by atoms with Crippen molar-refractivity contribution in [2.75, 3.05) is 6.61 Å². The Morgan fingerprint density at radius 1 is 1.59 bits per heavy atom. The van der Waals surface area contributed by atoms with Gasteiger partial charge in [-0.25, -0.2) is 0 Å². The molecule has 17 heavy (non-hydrogen) atoms. The Morgan fingerprint density at radius 3 is 3.18 bits per heavy atom. The van der Waals surface area contributed by atoms with E-state index in [-0.39, 0.29) is 0 Å². The molecule has 1 aromatic rings. The Hall–Kier alpha value is -0.800. The zero-order valence-corrected chi connectivity index (χ0v) is 11.7. The second kappa shape index (κ2) is 5.69. The third-order valence-electron chi connectivity index (χ3n) is 3.06. The highest BCUT2D eigenvalue weighted by Gasteiger charge is 2.20. The maximum absolute atomic E-state index is 5.78. The topological polar surface area (TPSA) is 21.3 Å². The van der Waals surface area contributed by atoms with E-state index in [1.165, 1.54) is 5.56 Å². The average molecular weight is 296 g/mol. The van der Waals surface area contributed by atoms with Gasteiger partial charge in [-0.2, -0.15) is 0 Å². The summed E-state index contributed by atoms with van der Waals surface area (Å²) in [6, 6.07) is 6.93. The number of halogens is 1. The second-order valence-electron chi connectivity index (χ2n) is 4.42. The molecule has 0 spiro atoms. The van der Waals surface area contributed by atoms with Gasteiger partial charge in [0.2, 0.25) is 0 Å². The first-order chi connectivity index (χ1) is 8.20. The van der Waals surface area contributed by atoms with Gasteiger partial charge in [-0.1, -0.05) is 28.1 Å². The van der Waals surface area contributed by atoms with Gasteiger partial charge < -0.3 is 10.1 Å². The standard InChI is InChI=1S/C14H18BrNO/c1-3-10(2)16-13-5-4-8-17-14-9-11(15)6-7-12(13)14/h3,6-7,9-10,13,16H,1,4-5,8H2,2H3. The molecule has 0 saturated heterocycles. The molecule has 3 heteroatoms. The molecule has 2 unspecified atom stereocenters. The molecule has 0 amide bonds. The van der Waals surface area contributed by atoms with E-state index >= 15 is 0 Å². The van der Waals surface area contributed by atoms with Gasteiger partial charge in [0.15, 0.2) is 0 Å². The fraction of sp³-hybridized carbons (Fsp3) is 0.429. The molecule has 2 nitrogen and oxygen atoms in total. The number of fused-ring (bicyclic) bond motifs is 1. The van der Waals surface area contributed by atoms with Gasteiger partial charge in [-0.05, 0) is 31.9 Å². The summed E-state index contributed by atoms with van der Waals surface area (Å²) in [7, 11) is 0. The largest absolute Gasteiger partial charge is 0.493 e. The maximum atomic E-state index is 5.78. The van der Waals surface area contributed by atoms with Crippen LogP contribution < -0.4 is 10.1 Å². The van der Waals surface area contributed by atoms with E-state index in [1.54, 1.807) is 0 Å². The molecule has 92 valence electrons. The van der Waals surface area contributed by atoms with Crippen molar-refractivity contribution in [1.29, 1.82) is 0 Å².